The van der Waals surface area contributed by atoms with Gasteiger partial charge in [0.2, 0.25) is 0 Å². The summed E-state index contributed by atoms with van der Waals surface area (Å²) in [5.41, 5.74) is 1.14. The number of para-hydroxylation sites is 1. The molecule has 0 aromatic heterocycles. The fourth-order valence-corrected chi connectivity index (χ4v) is 1.95. The van der Waals surface area contributed by atoms with Crippen LogP contribution in [0.1, 0.15) is 20.3 Å². The molecule has 0 saturated carbocycles. The first-order valence-corrected chi connectivity index (χ1v) is 6.28. The van der Waals surface area contributed by atoms with Crippen molar-refractivity contribution >= 4 is 17.1 Å². The molecule has 0 aliphatic heterocycles. The van der Waals surface area contributed by atoms with Crippen LogP contribution in [0.15, 0.2) is 18.2 Å². The Balaban J connectivity index is 3.21. The quantitative estimate of drug-likeness (QED) is 0.603. The molecule has 6 heteroatoms. The zero-order valence-electron chi connectivity index (χ0n) is 11.2. The molecule has 0 aliphatic carbocycles. The molecular weight excluding hydrogens is 244 g/mol. The molecule has 0 amide bonds. The van der Waals surface area contributed by atoms with Gasteiger partial charge in [-0.05, 0) is 26.0 Å². The standard InChI is InChI=1S/C13H18N4O2/c1-3-15-11-7-5-8-12(13(11)17(18)19)16(4-2)10-6-9-14/h5,7-8,15H,3-4,6,10H2,1-2H3. The average molecular weight is 262 g/mol. The molecule has 0 bridgehead atoms. The van der Waals surface area contributed by atoms with Crippen molar-refractivity contribution < 1.29 is 4.92 Å². The van der Waals surface area contributed by atoms with Crippen molar-refractivity contribution in [1.82, 2.24) is 0 Å². The Hall–Kier alpha value is -2.29. The van der Waals surface area contributed by atoms with Crippen LogP contribution in [0.25, 0.3) is 0 Å². The van der Waals surface area contributed by atoms with Crippen molar-refractivity contribution in [3.63, 3.8) is 0 Å². The molecule has 1 rings (SSSR count). The van der Waals surface area contributed by atoms with E-state index in [0.29, 0.717) is 37.4 Å². The van der Waals surface area contributed by atoms with Crippen LogP contribution < -0.4 is 10.2 Å². The molecule has 0 spiro atoms. The number of rotatable bonds is 7. The smallest absolute Gasteiger partial charge is 0.315 e. The predicted octanol–water partition coefficient (Wildman–Crippen LogP) is 2.77. The van der Waals surface area contributed by atoms with Crippen LogP contribution in [-0.2, 0) is 0 Å². The third-order valence-corrected chi connectivity index (χ3v) is 2.78. The lowest BCUT2D eigenvalue weighted by Crippen LogP contribution is -2.24. The molecule has 19 heavy (non-hydrogen) atoms. The Labute approximate surface area is 112 Å². The lowest BCUT2D eigenvalue weighted by Gasteiger charge is -2.22. The molecule has 0 unspecified atom stereocenters. The van der Waals surface area contributed by atoms with E-state index in [-0.39, 0.29) is 10.6 Å². The van der Waals surface area contributed by atoms with Gasteiger partial charge in [-0.3, -0.25) is 10.1 Å². The van der Waals surface area contributed by atoms with Crippen LogP contribution in [0, 0.1) is 21.4 Å². The van der Waals surface area contributed by atoms with E-state index in [9.17, 15) is 10.1 Å². The monoisotopic (exact) mass is 262 g/mol. The third kappa shape index (κ3) is 3.58. The maximum absolute atomic E-state index is 11.3. The molecule has 6 nitrogen and oxygen atoms in total. The van der Waals surface area contributed by atoms with Crippen LogP contribution in [0.3, 0.4) is 0 Å². The Kier molecular flexibility index (Phi) is 5.61. The second-order valence-corrected chi connectivity index (χ2v) is 3.95. The molecular formula is C13H18N4O2. The first-order chi connectivity index (χ1) is 9.15. The van der Waals surface area contributed by atoms with Gasteiger partial charge in [0.25, 0.3) is 0 Å². The summed E-state index contributed by atoms with van der Waals surface area (Å²) in [6, 6.07) is 7.27. The minimum Gasteiger partial charge on any atom is -0.380 e. The number of nitrogens with zero attached hydrogens (tertiary/aromatic N) is 3. The molecule has 0 heterocycles. The Morgan fingerprint density at radius 3 is 2.74 bits per heavy atom. The Morgan fingerprint density at radius 2 is 2.21 bits per heavy atom. The second-order valence-electron chi connectivity index (χ2n) is 3.95. The van der Waals surface area contributed by atoms with Gasteiger partial charge in [-0.15, -0.1) is 0 Å². The van der Waals surface area contributed by atoms with Crippen LogP contribution in [0.5, 0.6) is 0 Å². The number of hydrogen-bond donors (Lipinski definition) is 1. The number of nitriles is 1. The topological polar surface area (TPSA) is 82.2 Å². The lowest BCUT2D eigenvalue weighted by molar-refractivity contribution is -0.383. The summed E-state index contributed by atoms with van der Waals surface area (Å²) in [5.74, 6) is 0. The van der Waals surface area contributed by atoms with Gasteiger partial charge in [-0.25, -0.2) is 0 Å². The molecule has 102 valence electrons. The van der Waals surface area contributed by atoms with Gasteiger partial charge in [0.1, 0.15) is 11.4 Å². The van der Waals surface area contributed by atoms with Gasteiger partial charge >= 0.3 is 5.69 Å². The van der Waals surface area contributed by atoms with Crippen molar-refractivity contribution in [2.24, 2.45) is 0 Å². The third-order valence-electron chi connectivity index (χ3n) is 2.78. The predicted molar refractivity (Wildman–Crippen MR) is 75.4 cm³/mol. The number of benzene rings is 1. The minimum absolute atomic E-state index is 0.0733. The van der Waals surface area contributed by atoms with E-state index in [1.165, 1.54) is 0 Å². The zero-order valence-corrected chi connectivity index (χ0v) is 11.2. The fourth-order valence-electron chi connectivity index (χ4n) is 1.95. The highest BCUT2D eigenvalue weighted by molar-refractivity contribution is 5.77. The van der Waals surface area contributed by atoms with Gasteiger partial charge in [0.15, 0.2) is 0 Å². The summed E-state index contributed by atoms with van der Waals surface area (Å²) in [6.45, 7) is 5.54. The lowest BCUT2D eigenvalue weighted by atomic mass is 10.2. The molecule has 1 aromatic rings. The van der Waals surface area contributed by atoms with Gasteiger partial charge in [-0.1, -0.05) is 6.07 Å². The molecule has 0 saturated heterocycles. The van der Waals surface area contributed by atoms with E-state index in [1.807, 2.05) is 18.7 Å². The zero-order chi connectivity index (χ0) is 14.3. The minimum atomic E-state index is -0.373. The molecule has 0 aliphatic rings. The van der Waals surface area contributed by atoms with Gasteiger partial charge in [0, 0.05) is 19.6 Å². The maximum Gasteiger partial charge on any atom is 0.315 e. The van der Waals surface area contributed by atoms with Crippen molar-refractivity contribution in [2.45, 2.75) is 20.3 Å². The number of anilines is 2. The number of nitro benzene ring substituents is 1. The van der Waals surface area contributed by atoms with E-state index in [0.717, 1.165) is 0 Å². The van der Waals surface area contributed by atoms with E-state index < -0.39 is 0 Å². The first kappa shape index (κ1) is 14.8. The summed E-state index contributed by atoms with van der Waals surface area (Å²) in [6.07, 6.45) is 0.344. The summed E-state index contributed by atoms with van der Waals surface area (Å²) >= 11 is 0. The van der Waals surface area contributed by atoms with Crippen molar-refractivity contribution in [3.05, 3.63) is 28.3 Å². The van der Waals surface area contributed by atoms with Crippen LogP contribution in [-0.4, -0.2) is 24.6 Å². The maximum atomic E-state index is 11.3. The van der Waals surface area contributed by atoms with Crippen LogP contribution in [0.2, 0.25) is 0 Å². The van der Waals surface area contributed by atoms with Crippen LogP contribution >= 0.6 is 0 Å². The normalized spacial score (nSPS) is 9.74. The van der Waals surface area contributed by atoms with Gasteiger partial charge in [0.05, 0.1) is 17.4 Å². The van der Waals surface area contributed by atoms with Crippen molar-refractivity contribution in [1.29, 1.82) is 5.26 Å². The molecule has 0 radical (unpaired) electrons. The Bertz CT molecular complexity index is 482. The fraction of sp³-hybridized carbons (Fsp3) is 0.462. The van der Waals surface area contributed by atoms with Gasteiger partial charge in [-0.2, -0.15) is 5.26 Å². The number of hydrogen-bond acceptors (Lipinski definition) is 5. The van der Waals surface area contributed by atoms with E-state index in [1.54, 1.807) is 18.2 Å². The highest BCUT2D eigenvalue weighted by Gasteiger charge is 2.22. The highest BCUT2D eigenvalue weighted by Crippen LogP contribution is 2.35. The van der Waals surface area contributed by atoms with E-state index in [2.05, 4.69) is 11.4 Å². The van der Waals surface area contributed by atoms with Crippen molar-refractivity contribution in [2.75, 3.05) is 29.9 Å². The highest BCUT2D eigenvalue weighted by atomic mass is 16.6. The summed E-state index contributed by atoms with van der Waals surface area (Å²) in [7, 11) is 0. The average Bonchev–Trinajstić information content (AvgIpc) is 2.40. The summed E-state index contributed by atoms with van der Waals surface area (Å²) in [5, 5.41) is 22.9. The number of nitrogens with one attached hydrogen (secondary N) is 1. The largest absolute Gasteiger partial charge is 0.380 e. The Morgan fingerprint density at radius 1 is 1.47 bits per heavy atom. The summed E-state index contributed by atoms with van der Waals surface area (Å²) in [4.78, 5) is 12.8. The first-order valence-electron chi connectivity index (χ1n) is 6.28. The molecule has 1 N–H and O–H groups in total. The molecule has 1 aromatic carbocycles. The second kappa shape index (κ2) is 7.21. The van der Waals surface area contributed by atoms with E-state index in [4.69, 9.17) is 5.26 Å². The van der Waals surface area contributed by atoms with Gasteiger partial charge < -0.3 is 10.2 Å². The SMILES string of the molecule is CCNc1cccc(N(CC)CCC#N)c1[N+](=O)[O-]. The molecule has 0 fully saturated rings. The van der Waals surface area contributed by atoms with Crippen LogP contribution in [0.4, 0.5) is 17.1 Å². The van der Waals surface area contributed by atoms with Crippen molar-refractivity contribution in [3.8, 4) is 6.07 Å². The summed E-state index contributed by atoms with van der Waals surface area (Å²) < 4.78 is 0. The number of nitro groups is 1. The molecule has 0 atom stereocenters. The van der Waals surface area contributed by atoms with E-state index >= 15 is 0 Å².